The molecule has 2 N–H and O–H groups in total. The second-order valence-electron chi connectivity index (χ2n) is 5.20. The maximum atomic E-state index is 8.66. The van der Waals surface area contributed by atoms with Crippen LogP contribution in [0.5, 0.6) is 0 Å². The molecule has 1 rings (SSSR count). The van der Waals surface area contributed by atoms with E-state index in [-0.39, 0.29) is 0 Å². The van der Waals surface area contributed by atoms with Crippen molar-refractivity contribution in [2.24, 2.45) is 0 Å². The van der Waals surface area contributed by atoms with Crippen LogP contribution >= 0.6 is 0 Å². The SMILES string of the molecule is OCCCCCCCCCCCCc1ccc[nH]1. The van der Waals surface area contributed by atoms with Gasteiger partial charge in [0.1, 0.15) is 0 Å². The van der Waals surface area contributed by atoms with Gasteiger partial charge in [0.2, 0.25) is 0 Å². The predicted molar refractivity (Wildman–Crippen MR) is 77.8 cm³/mol. The van der Waals surface area contributed by atoms with E-state index in [0.717, 1.165) is 6.42 Å². The zero-order chi connectivity index (χ0) is 12.9. The average molecular weight is 251 g/mol. The monoisotopic (exact) mass is 251 g/mol. The number of nitrogens with one attached hydrogen (secondary N) is 1. The van der Waals surface area contributed by atoms with E-state index in [1.807, 2.05) is 6.20 Å². The number of aromatic amines is 1. The Morgan fingerprint density at radius 2 is 1.33 bits per heavy atom. The number of aliphatic hydroxyl groups excluding tert-OH is 1. The second-order valence-corrected chi connectivity index (χ2v) is 5.20. The lowest BCUT2D eigenvalue weighted by molar-refractivity contribution is 0.282. The van der Waals surface area contributed by atoms with Crippen molar-refractivity contribution < 1.29 is 5.11 Å². The molecule has 2 heteroatoms. The van der Waals surface area contributed by atoms with Gasteiger partial charge >= 0.3 is 0 Å². The summed E-state index contributed by atoms with van der Waals surface area (Å²) in [4.78, 5) is 3.25. The van der Waals surface area contributed by atoms with Crippen LogP contribution < -0.4 is 0 Å². The Kier molecular flexibility index (Phi) is 9.64. The highest BCUT2D eigenvalue weighted by molar-refractivity contribution is 5.03. The van der Waals surface area contributed by atoms with Crippen molar-refractivity contribution in [1.29, 1.82) is 0 Å². The molecule has 0 aliphatic heterocycles. The van der Waals surface area contributed by atoms with E-state index in [0.29, 0.717) is 6.61 Å². The minimum Gasteiger partial charge on any atom is -0.396 e. The Morgan fingerprint density at radius 1 is 0.778 bits per heavy atom. The molecule has 0 aliphatic carbocycles. The zero-order valence-corrected chi connectivity index (χ0v) is 11.7. The highest BCUT2D eigenvalue weighted by atomic mass is 16.2. The fourth-order valence-electron chi connectivity index (χ4n) is 2.36. The van der Waals surface area contributed by atoms with Crippen LogP contribution in [0.4, 0.5) is 0 Å². The fraction of sp³-hybridized carbons (Fsp3) is 0.750. The number of aliphatic hydroxyl groups is 1. The molecule has 0 saturated carbocycles. The van der Waals surface area contributed by atoms with Crippen molar-refractivity contribution in [2.45, 2.75) is 70.6 Å². The first-order valence-electron chi connectivity index (χ1n) is 7.66. The Balaban J connectivity index is 1.73. The van der Waals surface area contributed by atoms with Gasteiger partial charge in [-0.2, -0.15) is 0 Å². The highest BCUT2D eigenvalue weighted by Gasteiger charge is 1.95. The van der Waals surface area contributed by atoms with Crippen molar-refractivity contribution in [3.63, 3.8) is 0 Å². The number of hydrogen-bond acceptors (Lipinski definition) is 1. The smallest absolute Gasteiger partial charge is 0.0431 e. The Bertz CT molecular complexity index is 256. The summed E-state index contributed by atoms with van der Waals surface area (Å²) in [5.74, 6) is 0. The van der Waals surface area contributed by atoms with Crippen molar-refractivity contribution in [1.82, 2.24) is 4.98 Å². The summed E-state index contributed by atoms with van der Waals surface area (Å²) in [5.41, 5.74) is 1.37. The lowest BCUT2D eigenvalue weighted by atomic mass is 10.1. The van der Waals surface area contributed by atoms with Crippen LogP contribution in [0.15, 0.2) is 18.3 Å². The van der Waals surface area contributed by atoms with Gasteiger partial charge in [-0.25, -0.2) is 0 Å². The van der Waals surface area contributed by atoms with Gasteiger partial charge in [-0.05, 0) is 31.4 Å². The third-order valence-corrected chi connectivity index (χ3v) is 3.52. The molecule has 0 saturated heterocycles. The summed E-state index contributed by atoms with van der Waals surface area (Å²) in [5, 5.41) is 8.66. The number of hydrogen-bond donors (Lipinski definition) is 2. The summed E-state index contributed by atoms with van der Waals surface area (Å²) in [6.07, 6.45) is 16.3. The van der Waals surface area contributed by atoms with Crippen LogP contribution in [0.25, 0.3) is 0 Å². The third-order valence-electron chi connectivity index (χ3n) is 3.52. The molecule has 2 nitrogen and oxygen atoms in total. The van der Waals surface area contributed by atoms with E-state index in [1.54, 1.807) is 0 Å². The third kappa shape index (κ3) is 8.35. The summed E-state index contributed by atoms with van der Waals surface area (Å²) >= 11 is 0. The first kappa shape index (κ1) is 15.3. The van der Waals surface area contributed by atoms with Gasteiger partial charge in [0, 0.05) is 18.5 Å². The Labute approximate surface area is 112 Å². The molecule has 0 spiro atoms. The van der Waals surface area contributed by atoms with Gasteiger partial charge in [0.15, 0.2) is 0 Å². The maximum absolute atomic E-state index is 8.66. The maximum Gasteiger partial charge on any atom is 0.0431 e. The first-order valence-corrected chi connectivity index (χ1v) is 7.66. The van der Waals surface area contributed by atoms with Crippen LogP contribution in [0, 0.1) is 0 Å². The normalized spacial score (nSPS) is 10.9. The van der Waals surface area contributed by atoms with Crippen molar-refractivity contribution >= 4 is 0 Å². The fourth-order valence-corrected chi connectivity index (χ4v) is 2.36. The standard InChI is InChI=1S/C16H29NO/c18-15-10-8-6-4-2-1-3-5-7-9-12-16-13-11-14-17-16/h11,13-14,17-18H,1-10,12,15H2. The number of aromatic nitrogens is 1. The van der Waals surface area contributed by atoms with Crippen molar-refractivity contribution in [3.8, 4) is 0 Å². The highest BCUT2D eigenvalue weighted by Crippen LogP contribution is 2.11. The molecule has 0 amide bonds. The van der Waals surface area contributed by atoms with Gasteiger partial charge in [-0.3, -0.25) is 0 Å². The lowest BCUT2D eigenvalue weighted by Crippen LogP contribution is -1.87. The van der Waals surface area contributed by atoms with Gasteiger partial charge in [-0.15, -0.1) is 0 Å². The number of aryl methyl sites for hydroxylation is 1. The van der Waals surface area contributed by atoms with Gasteiger partial charge in [0.25, 0.3) is 0 Å². The minimum atomic E-state index is 0.362. The molecule has 1 heterocycles. The first-order chi connectivity index (χ1) is 8.93. The Morgan fingerprint density at radius 3 is 1.83 bits per heavy atom. The van der Waals surface area contributed by atoms with Gasteiger partial charge < -0.3 is 10.1 Å². The van der Waals surface area contributed by atoms with E-state index in [2.05, 4.69) is 17.1 Å². The zero-order valence-electron chi connectivity index (χ0n) is 11.7. The van der Waals surface area contributed by atoms with Crippen molar-refractivity contribution in [2.75, 3.05) is 6.61 Å². The lowest BCUT2D eigenvalue weighted by Gasteiger charge is -2.02. The molecule has 0 bridgehead atoms. The molecule has 1 aromatic heterocycles. The van der Waals surface area contributed by atoms with E-state index < -0.39 is 0 Å². The van der Waals surface area contributed by atoms with Crippen LogP contribution in [0.3, 0.4) is 0 Å². The van der Waals surface area contributed by atoms with Crippen LogP contribution in [-0.2, 0) is 6.42 Å². The largest absolute Gasteiger partial charge is 0.396 e. The van der Waals surface area contributed by atoms with E-state index in [1.165, 1.54) is 69.9 Å². The summed E-state index contributed by atoms with van der Waals surface area (Å²) in [6.45, 7) is 0.362. The number of H-pyrrole nitrogens is 1. The Hall–Kier alpha value is -0.760. The summed E-state index contributed by atoms with van der Waals surface area (Å²) in [6, 6.07) is 4.25. The quantitative estimate of drug-likeness (QED) is 0.529. The molecule has 0 radical (unpaired) electrons. The van der Waals surface area contributed by atoms with Crippen LogP contribution in [-0.4, -0.2) is 16.7 Å². The molecule has 0 unspecified atom stereocenters. The van der Waals surface area contributed by atoms with E-state index in [9.17, 15) is 0 Å². The van der Waals surface area contributed by atoms with E-state index in [4.69, 9.17) is 5.11 Å². The number of unbranched alkanes of at least 4 members (excludes halogenated alkanes) is 9. The molecule has 1 aromatic rings. The van der Waals surface area contributed by atoms with Crippen LogP contribution in [0.1, 0.15) is 69.9 Å². The molecular formula is C16H29NO. The second kappa shape index (κ2) is 11.3. The molecule has 0 aromatic carbocycles. The van der Waals surface area contributed by atoms with Gasteiger partial charge in [0.05, 0.1) is 0 Å². The van der Waals surface area contributed by atoms with Crippen LogP contribution in [0.2, 0.25) is 0 Å². The predicted octanol–water partition coefficient (Wildman–Crippen LogP) is 4.45. The molecule has 0 atom stereocenters. The molecule has 0 fully saturated rings. The van der Waals surface area contributed by atoms with Crippen molar-refractivity contribution in [3.05, 3.63) is 24.0 Å². The number of rotatable bonds is 12. The van der Waals surface area contributed by atoms with Gasteiger partial charge in [-0.1, -0.05) is 51.4 Å². The molecule has 104 valence electrons. The summed E-state index contributed by atoms with van der Waals surface area (Å²) in [7, 11) is 0. The molecule has 18 heavy (non-hydrogen) atoms. The molecular weight excluding hydrogens is 222 g/mol. The average Bonchev–Trinajstić information content (AvgIpc) is 2.89. The van der Waals surface area contributed by atoms with E-state index >= 15 is 0 Å². The minimum absolute atomic E-state index is 0.362. The topological polar surface area (TPSA) is 36.0 Å². The molecule has 0 aliphatic rings. The summed E-state index contributed by atoms with van der Waals surface area (Å²) < 4.78 is 0.